The van der Waals surface area contributed by atoms with E-state index < -0.39 is 11.9 Å². The van der Waals surface area contributed by atoms with E-state index in [-0.39, 0.29) is 5.17 Å². The van der Waals surface area contributed by atoms with Crippen molar-refractivity contribution in [3.63, 3.8) is 0 Å². The van der Waals surface area contributed by atoms with Crippen molar-refractivity contribution in [2.75, 3.05) is 0 Å². The summed E-state index contributed by atoms with van der Waals surface area (Å²) >= 11 is 1.35. The van der Waals surface area contributed by atoms with Crippen molar-refractivity contribution >= 4 is 28.9 Å². The lowest BCUT2D eigenvalue weighted by Gasteiger charge is -1.97. The molecule has 6 nitrogen and oxygen atoms in total. The third-order valence-corrected chi connectivity index (χ3v) is 2.21. The molecule has 1 aromatic rings. The van der Waals surface area contributed by atoms with E-state index in [0.29, 0.717) is 0 Å². The highest BCUT2D eigenvalue weighted by Crippen LogP contribution is 2.09. The largest absolute Gasteiger partial charge is 0.473 e. The van der Waals surface area contributed by atoms with Gasteiger partial charge in [0.2, 0.25) is 0 Å². The lowest BCUT2D eigenvalue weighted by atomic mass is 10.2. The first-order valence-corrected chi connectivity index (χ1v) is 5.39. The average molecular weight is 256 g/mol. The van der Waals surface area contributed by atoms with E-state index in [2.05, 4.69) is 0 Å². The minimum Gasteiger partial charge on any atom is -0.473 e. The zero-order chi connectivity index (χ0) is 13.3. The van der Waals surface area contributed by atoms with Crippen LogP contribution in [-0.4, -0.2) is 27.3 Å². The van der Waals surface area contributed by atoms with E-state index in [1.807, 2.05) is 30.3 Å². The SMILES string of the molecule is N=C(N)SCc1ccccc1.O=C(O)C(=O)O. The Hall–Kier alpha value is -2.02. The van der Waals surface area contributed by atoms with Crippen molar-refractivity contribution in [1.29, 1.82) is 5.41 Å². The Morgan fingerprint density at radius 3 is 2.00 bits per heavy atom. The first-order chi connectivity index (χ1) is 7.93. The predicted molar refractivity (Wildman–Crippen MR) is 64.9 cm³/mol. The Morgan fingerprint density at radius 2 is 1.65 bits per heavy atom. The van der Waals surface area contributed by atoms with Gasteiger partial charge in [-0.3, -0.25) is 5.41 Å². The summed E-state index contributed by atoms with van der Waals surface area (Å²) in [5.41, 5.74) is 6.39. The number of benzene rings is 1. The topological polar surface area (TPSA) is 124 Å². The summed E-state index contributed by atoms with van der Waals surface area (Å²) in [6.07, 6.45) is 0. The molecule has 92 valence electrons. The van der Waals surface area contributed by atoms with Crippen LogP contribution in [0.5, 0.6) is 0 Å². The van der Waals surface area contributed by atoms with Gasteiger partial charge in [-0.1, -0.05) is 42.1 Å². The van der Waals surface area contributed by atoms with E-state index in [4.69, 9.17) is 30.9 Å². The van der Waals surface area contributed by atoms with Crippen LogP contribution in [0.15, 0.2) is 30.3 Å². The molecule has 5 N–H and O–H groups in total. The zero-order valence-corrected chi connectivity index (χ0v) is 9.61. The fraction of sp³-hybridized carbons (Fsp3) is 0.100. The van der Waals surface area contributed by atoms with Crippen LogP contribution >= 0.6 is 11.8 Å². The number of nitrogens with one attached hydrogen (secondary N) is 1. The highest BCUT2D eigenvalue weighted by atomic mass is 32.2. The highest BCUT2D eigenvalue weighted by Gasteiger charge is 2.04. The quantitative estimate of drug-likeness (QED) is 0.355. The Morgan fingerprint density at radius 1 is 1.18 bits per heavy atom. The second-order valence-corrected chi connectivity index (χ2v) is 3.77. The minimum absolute atomic E-state index is 0.175. The number of thioether (sulfide) groups is 1. The van der Waals surface area contributed by atoms with Crippen molar-refractivity contribution in [1.82, 2.24) is 0 Å². The number of aliphatic carboxylic acids is 2. The van der Waals surface area contributed by atoms with Gasteiger partial charge in [-0.15, -0.1) is 0 Å². The van der Waals surface area contributed by atoms with Crippen molar-refractivity contribution in [3.05, 3.63) is 35.9 Å². The minimum atomic E-state index is -1.82. The summed E-state index contributed by atoms with van der Waals surface area (Å²) in [5, 5.41) is 21.9. The highest BCUT2D eigenvalue weighted by molar-refractivity contribution is 8.13. The molecule has 0 bridgehead atoms. The Balaban J connectivity index is 0.000000366. The molecule has 0 heterocycles. The number of carboxylic acids is 2. The molecule has 0 saturated carbocycles. The standard InChI is InChI=1S/C8H10N2S.C2H2O4/c9-8(10)11-6-7-4-2-1-3-5-7;3-1(4)2(5)6/h1-5H,6H2,(H3,9,10);(H,3,4)(H,5,6). The molecule has 0 radical (unpaired) electrons. The van der Waals surface area contributed by atoms with E-state index in [9.17, 15) is 0 Å². The van der Waals surface area contributed by atoms with Crippen LogP contribution < -0.4 is 5.73 Å². The molecule has 0 saturated heterocycles. The zero-order valence-electron chi connectivity index (χ0n) is 8.79. The molecule has 0 aliphatic heterocycles. The summed E-state index contributed by atoms with van der Waals surface area (Å²) in [5.74, 6) is -2.86. The van der Waals surface area contributed by atoms with Crippen LogP contribution in [0.4, 0.5) is 0 Å². The molecule has 1 rings (SSSR count). The molecule has 0 amide bonds. The van der Waals surface area contributed by atoms with Gasteiger partial charge in [-0.2, -0.15) is 0 Å². The molecule has 0 aliphatic carbocycles. The Bertz CT molecular complexity index is 383. The van der Waals surface area contributed by atoms with Gasteiger partial charge in [0.05, 0.1) is 0 Å². The summed E-state index contributed by atoms with van der Waals surface area (Å²) < 4.78 is 0. The van der Waals surface area contributed by atoms with Crippen LogP contribution in [0.1, 0.15) is 5.56 Å². The number of amidine groups is 1. The van der Waals surface area contributed by atoms with E-state index >= 15 is 0 Å². The van der Waals surface area contributed by atoms with Crippen molar-refractivity contribution in [3.8, 4) is 0 Å². The first kappa shape index (κ1) is 15.0. The maximum Gasteiger partial charge on any atom is 0.414 e. The average Bonchev–Trinajstić information content (AvgIpc) is 2.28. The van der Waals surface area contributed by atoms with Crippen LogP contribution in [0, 0.1) is 5.41 Å². The second kappa shape index (κ2) is 8.17. The van der Waals surface area contributed by atoms with Crippen LogP contribution in [-0.2, 0) is 15.3 Å². The predicted octanol–water partition coefficient (Wildman–Crippen LogP) is 0.969. The molecule has 0 unspecified atom stereocenters. The van der Waals surface area contributed by atoms with E-state index in [1.165, 1.54) is 17.3 Å². The van der Waals surface area contributed by atoms with Crippen molar-refractivity contribution in [2.45, 2.75) is 5.75 Å². The van der Waals surface area contributed by atoms with Crippen LogP contribution in [0.2, 0.25) is 0 Å². The summed E-state index contributed by atoms with van der Waals surface area (Å²) in [6, 6.07) is 9.99. The van der Waals surface area contributed by atoms with E-state index in [0.717, 1.165) is 5.75 Å². The fourth-order valence-corrected chi connectivity index (χ4v) is 1.25. The van der Waals surface area contributed by atoms with Gasteiger partial charge in [0.15, 0.2) is 5.17 Å². The molecule has 0 aliphatic rings. The van der Waals surface area contributed by atoms with Gasteiger partial charge < -0.3 is 15.9 Å². The molecule has 0 atom stereocenters. The number of carboxylic acid groups (broad SMARTS) is 2. The van der Waals surface area contributed by atoms with Gasteiger partial charge in [0, 0.05) is 5.75 Å². The first-order valence-electron chi connectivity index (χ1n) is 4.40. The monoisotopic (exact) mass is 256 g/mol. The summed E-state index contributed by atoms with van der Waals surface area (Å²) in [4.78, 5) is 18.2. The number of hydrogen-bond acceptors (Lipinski definition) is 4. The van der Waals surface area contributed by atoms with Crippen LogP contribution in [0.3, 0.4) is 0 Å². The van der Waals surface area contributed by atoms with Crippen molar-refractivity contribution in [2.24, 2.45) is 5.73 Å². The summed E-state index contributed by atoms with van der Waals surface area (Å²) in [6.45, 7) is 0. The lowest BCUT2D eigenvalue weighted by Crippen LogP contribution is -2.09. The van der Waals surface area contributed by atoms with Gasteiger partial charge in [-0.25, -0.2) is 9.59 Å². The second-order valence-electron chi connectivity index (χ2n) is 2.75. The molecule has 0 aromatic heterocycles. The number of carbonyl (C=O) groups is 2. The molecule has 1 aromatic carbocycles. The van der Waals surface area contributed by atoms with Crippen molar-refractivity contribution < 1.29 is 19.8 Å². The Kier molecular flexibility index (Phi) is 7.20. The maximum absolute atomic E-state index is 9.10. The maximum atomic E-state index is 9.10. The van der Waals surface area contributed by atoms with Gasteiger partial charge in [-0.05, 0) is 5.56 Å². The Labute approximate surface area is 102 Å². The van der Waals surface area contributed by atoms with Gasteiger partial charge in [0.1, 0.15) is 0 Å². The lowest BCUT2D eigenvalue weighted by molar-refractivity contribution is -0.159. The number of rotatable bonds is 2. The third kappa shape index (κ3) is 8.94. The molecule has 7 heteroatoms. The van der Waals surface area contributed by atoms with Gasteiger partial charge in [0.25, 0.3) is 0 Å². The third-order valence-electron chi connectivity index (χ3n) is 1.42. The fourth-order valence-electron chi connectivity index (χ4n) is 0.735. The smallest absolute Gasteiger partial charge is 0.414 e. The molecular weight excluding hydrogens is 244 g/mol. The van der Waals surface area contributed by atoms with Gasteiger partial charge >= 0.3 is 11.9 Å². The number of nitrogens with two attached hydrogens (primary N) is 1. The molecule has 0 spiro atoms. The van der Waals surface area contributed by atoms with Crippen LogP contribution in [0.25, 0.3) is 0 Å². The van der Waals surface area contributed by atoms with E-state index in [1.54, 1.807) is 0 Å². The molecule has 17 heavy (non-hydrogen) atoms. The number of hydrogen-bond donors (Lipinski definition) is 4. The normalized spacial score (nSPS) is 8.71. The molecular formula is C10H12N2O4S. The summed E-state index contributed by atoms with van der Waals surface area (Å²) in [7, 11) is 0. The molecule has 0 fully saturated rings.